The van der Waals surface area contributed by atoms with E-state index in [2.05, 4.69) is 37.9 Å². The molecule has 1 heterocycles. The Morgan fingerprint density at radius 3 is 2.57 bits per heavy atom. The Kier molecular flexibility index (Phi) is 7.01. The topological polar surface area (TPSA) is 15.3 Å². The lowest BCUT2D eigenvalue weighted by Gasteiger charge is -2.46. The molecule has 1 N–H and O–H groups in total. The van der Waals surface area contributed by atoms with Gasteiger partial charge in [-0.25, -0.2) is 0 Å². The van der Waals surface area contributed by atoms with Crippen molar-refractivity contribution in [2.45, 2.75) is 84.7 Å². The number of likely N-dealkylation sites (N-methyl/N-ethyl adjacent to an activating group) is 1. The highest BCUT2D eigenvalue weighted by Crippen LogP contribution is 2.34. The molecule has 21 heavy (non-hydrogen) atoms. The summed E-state index contributed by atoms with van der Waals surface area (Å²) in [5, 5.41) is 3.81. The van der Waals surface area contributed by atoms with E-state index < -0.39 is 0 Å². The highest BCUT2D eigenvalue weighted by molar-refractivity contribution is 4.94. The third-order valence-corrected chi connectivity index (χ3v) is 5.89. The van der Waals surface area contributed by atoms with Gasteiger partial charge in [-0.2, -0.15) is 0 Å². The van der Waals surface area contributed by atoms with Gasteiger partial charge in [-0.15, -0.1) is 0 Å². The Balaban J connectivity index is 1.99. The lowest BCUT2D eigenvalue weighted by Crippen LogP contribution is -2.56. The van der Waals surface area contributed by atoms with Crippen molar-refractivity contribution in [2.75, 3.05) is 19.6 Å². The van der Waals surface area contributed by atoms with E-state index in [4.69, 9.17) is 0 Å². The normalized spacial score (nSPS) is 39.1. The van der Waals surface area contributed by atoms with Gasteiger partial charge in [0.2, 0.25) is 0 Å². The number of hydrogen-bond donors (Lipinski definition) is 1. The fraction of sp³-hybridized carbons (Fsp3) is 1.00. The molecule has 5 unspecified atom stereocenters. The standard InChI is InChI=1S/C19H38N2/c1-5-8-17-9-7-11-21(12-10-17)19-16(4)13-15(3)14-18(19)20-6-2/h15-20H,5-14H2,1-4H3. The van der Waals surface area contributed by atoms with Crippen LogP contribution in [-0.4, -0.2) is 36.6 Å². The summed E-state index contributed by atoms with van der Waals surface area (Å²) in [6.07, 6.45) is 9.92. The monoisotopic (exact) mass is 294 g/mol. The average molecular weight is 295 g/mol. The Bertz CT molecular complexity index is 291. The van der Waals surface area contributed by atoms with Gasteiger partial charge in [-0.1, -0.05) is 40.5 Å². The van der Waals surface area contributed by atoms with Gasteiger partial charge in [0.1, 0.15) is 0 Å². The maximum absolute atomic E-state index is 3.81. The SMILES string of the molecule is CCCC1CCCN(C2C(C)CC(C)CC2NCC)CC1. The van der Waals surface area contributed by atoms with Crippen LogP contribution in [0.4, 0.5) is 0 Å². The highest BCUT2D eigenvalue weighted by Gasteiger charge is 2.37. The average Bonchev–Trinajstić information content (AvgIpc) is 2.65. The minimum absolute atomic E-state index is 0.719. The van der Waals surface area contributed by atoms with Crippen LogP contribution >= 0.6 is 0 Å². The Morgan fingerprint density at radius 2 is 1.86 bits per heavy atom. The van der Waals surface area contributed by atoms with Gasteiger partial charge in [-0.05, 0) is 69.5 Å². The van der Waals surface area contributed by atoms with Crippen molar-refractivity contribution >= 4 is 0 Å². The maximum atomic E-state index is 3.81. The number of nitrogens with one attached hydrogen (secondary N) is 1. The molecular formula is C19H38N2. The Hall–Kier alpha value is -0.0800. The van der Waals surface area contributed by atoms with Crippen LogP contribution in [0.25, 0.3) is 0 Å². The van der Waals surface area contributed by atoms with Crippen molar-refractivity contribution in [3.8, 4) is 0 Å². The predicted octanol–water partition coefficient (Wildman–Crippen LogP) is 4.30. The molecule has 2 aliphatic rings. The molecule has 2 nitrogen and oxygen atoms in total. The first kappa shape index (κ1) is 17.3. The lowest BCUT2D eigenvalue weighted by molar-refractivity contribution is 0.0634. The Morgan fingerprint density at radius 1 is 1.05 bits per heavy atom. The third kappa shape index (κ3) is 4.69. The first-order valence-electron chi connectivity index (χ1n) is 9.63. The zero-order chi connectivity index (χ0) is 15.2. The molecule has 124 valence electrons. The molecule has 0 amide bonds. The molecule has 1 aliphatic heterocycles. The number of rotatable bonds is 5. The Labute approximate surface area is 133 Å². The smallest absolute Gasteiger partial charge is 0.0275 e. The molecular weight excluding hydrogens is 256 g/mol. The van der Waals surface area contributed by atoms with Crippen LogP contribution in [0.1, 0.15) is 72.6 Å². The molecule has 1 saturated heterocycles. The lowest BCUT2D eigenvalue weighted by atomic mass is 9.75. The van der Waals surface area contributed by atoms with Crippen molar-refractivity contribution < 1.29 is 0 Å². The summed E-state index contributed by atoms with van der Waals surface area (Å²) < 4.78 is 0. The second-order valence-electron chi connectivity index (χ2n) is 7.83. The van der Waals surface area contributed by atoms with Crippen molar-refractivity contribution in [3.05, 3.63) is 0 Å². The quantitative estimate of drug-likeness (QED) is 0.813. The van der Waals surface area contributed by atoms with Crippen LogP contribution < -0.4 is 5.32 Å². The minimum atomic E-state index is 0.719. The van der Waals surface area contributed by atoms with Crippen LogP contribution in [0.5, 0.6) is 0 Å². The van der Waals surface area contributed by atoms with E-state index in [1.54, 1.807) is 0 Å². The summed E-state index contributed by atoms with van der Waals surface area (Å²) in [6, 6.07) is 1.50. The van der Waals surface area contributed by atoms with E-state index in [0.29, 0.717) is 0 Å². The number of nitrogens with zero attached hydrogens (tertiary/aromatic N) is 1. The van der Waals surface area contributed by atoms with Crippen molar-refractivity contribution in [2.24, 2.45) is 17.8 Å². The van der Waals surface area contributed by atoms with Gasteiger partial charge in [0.25, 0.3) is 0 Å². The molecule has 0 bridgehead atoms. The van der Waals surface area contributed by atoms with Crippen LogP contribution in [0.3, 0.4) is 0 Å². The highest BCUT2D eigenvalue weighted by atomic mass is 15.2. The summed E-state index contributed by atoms with van der Waals surface area (Å²) in [5.41, 5.74) is 0. The van der Waals surface area contributed by atoms with E-state index in [9.17, 15) is 0 Å². The summed E-state index contributed by atoms with van der Waals surface area (Å²) in [5.74, 6) is 2.73. The summed E-state index contributed by atoms with van der Waals surface area (Å²) in [6.45, 7) is 13.3. The van der Waals surface area contributed by atoms with Gasteiger partial charge in [0.15, 0.2) is 0 Å². The molecule has 1 saturated carbocycles. The van der Waals surface area contributed by atoms with Crippen molar-refractivity contribution in [1.82, 2.24) is 10.2 Å². The first-order chi connectivity index (χ1) is 10.2. The van der Waals surface area contributed by atoms with E-state index in [1.807, 2.05) is 0 Å². The molecule has 1 aliphatic carbocycles. The molecule has 0 spiro atoms. The molecule has 0 radical (unpaired) electrons. The van der Waals surface area contributed by atoms with Crippen LogP contribution in [0.2, 0.25) is 0 Å². The minimum Gasteiger partial charge on any atom is -0.313 e. The van der Waals surface area contributed by atoms with Gasteiger partial charge in [0, 0.05) is 12.1 Å². The second-order valence-corrected chi connectivity index (χ2v) is 7.83. The second kappa shape index (κ2) is 8.53. The number of hydrogen-bond acceptors (Lipinski definition) is 2. The van der Waals surface area contributed by atoms with E-state index in [0.717, 1.165) is 36.4 Å². The van der Waals surface area contributed by atoms with E-state index in [1.165, 1.54) is 58.0 Å². The molecule has 0 aromatic rings. The van der Waals surface area contributed by atoms with Crippen molar-refractivity contribution in [3.63, 3.8) is 0 Å². The first-order valence-corrected chi connectivity index (χ1v) is 9.63. The molecule has 0 aromatic heterocycles. The van der Waals surface area contributed by atoms with Crippen LogP contribution in [0.15, 0.2) is 0 Å². The molecule has 2 fully saturated rings. The zero-order valence-electron chi connectivity index (χ0n) is 14.9. The van der Waals surface area contributed by atoms with Crippen LogP contribution in [-0.2, 0) is 0 Å². The van der Waals surface area contributed by atoms with E-state index >= 15 is 0 Å². The molecule has 2 rings (SSSR count). The predicted molar refractivity (Wildman–Crippen MR) is 92.6 cm³/mol. The zero-order valence-corrected chi connectivity index (χ0v) is 14.9. The molecule has 2 heteroatoms. The molecule has 0 aromatic carbocycles. The van der Waals surface area contributed by atoms with Crippen molar-refractivity contribution in [1.29, 1.82) is 0 Å². The fourth-order valence-electron chi connectivity index (χ4n) is 5.10. The number of likely N-dealkylation sites (tertiary alicyclic amines) is 1. The van der Waals surface area contributed by atoms with Crippen LogP contribution in [0, 0.1) is 17.8 Å². The third-order valence-electron chi connectivity index (χ3n) is 5.89. The summed E-state index contributed by atoms with van der Waals surface area (Å²) in [7, 11) is 0. The largest absolute Gasteiger partial charge is 0.313 e. The summed E-state index contributed by atoms with van der Waals surface area (Å²) >= 11 is 0. The molecule has 5 atom stereocenters. The maximum Gasteiger partial charge on any atom is 0.0275 e. The van der Waals surface area contributed by atoms with Gasteiger partial charge < -0.3 is 5.32 Å². The van der Waals surface area contributed by atoms with E-state index in [-0.39, 0.29) is 0 Å². The van der Waals surface area contributed by atoms with Gasteiger partial charge >= 0.3 is 0 Å². The summed E-state index contributed by atoms with van der Waals surface area (Å²) in [4.78, 5) is 2.86. The van der Waals surface area contributed by atoms with Gasteiger partial charge in [0.05, 0.1) is 0 Å². The van der Waals surface area contributed by atoms with Gasteiger partial charge in [-0.3, -0.25) is 4.90 Å². The fourth-order valence-corrected chi connectivity index (χ4v) is 5.10.